The lowest BCUT2D eigenvalue weighted by Gasteiger charge is -2.37. The molecule has 2 aromatic rings. The molecule has 2 amide bonds. The summed E-state index contributed by atoms with van der Waals surface area (Å²) in [6.45, 7) is 3.29. The molecule has 0 unspecified atom stereocenters. The van der Waals surface area contributed by atoms with Gasteiger partial charge in [0, 0.05) is 39.5 Å². The maximum atomic E-state index is 12.7. The van der Waals surface area contributed by atoms with Crippen LogP contribution in [0.3, 0.4) is 0 Å². The van der Waals surface area contributed by atoms with Crippen LogP contribution >= 0.6 is 0 Å². The quantitative estimate of drug-likeness (QED) is 0.822. The van der Waals surface area contributed by atoms with Crippen LogP contribution in [0.5, 0.6) is 0 Å². The fourth-order valence-electron chi connectivity index (χ4n) is 4.73. The van der Waals surface area contributed by atoms with E-state index < -0.39 is 0 Å². The Morgan fingerprint density at radius 2 is 2.07 bits per heavy atom. The summed E-state index contributed by atoms with van der Waals surface area (Å²) in [5.74, 6) is 1.33. The maximum absolute atomic E-state index is 12.7. The molecule has 2 aromatic heterocycles. The van der Waals surface area contributed by atoms with Crippen molar-refractivity contribution in [1.82, 2.24) is 19.9 Å². The van der Waals surface area contributed by atoms with Gasteiger partial charge >= 0.3 is 0 Å². The standard InChI is InChI=1S/C21H28N4O4/c1-13-7-16(29-23-13)10-20(26)25-11-14-8-17(19(28-3)9-15(14)12-25)22-21(27)18-5-4-6-24(18)2/h4-7,14-15,17,19H,8-12H2,1-3H3,(H,22,27)/t14-,15+,17-,19-/m0/s1. The molecule has 3 heterocycles. The van der Waals surface area contributed by atoms with Gasteiger partial charge in [-0.3, -0.25) is 9.59 Å². The van der Waals surface area contributed by atoms with E-state index in [2.05, 4.69) is 10.5 Å². The van der Waals surface area contributed by atoms with Gasteiger partial charge in [0.2, 0.25) is 5.91 Å². The van der Waals surface area contributed by atoms with Gasteiger partial charge in [0.15, 0.2) is 0 Å². The normalized spacial score (nSPS) is 26.4. The number of aryl methyl sites for hydroxylation is 2. The monoisotopic (exact) mass is 400 g/mol. The summed E-state index contributed by atoms with van der Waals surface area (Å²) in [6.07, 6.45) is 3.69. The number of carbonyl (C=O) groups excluding carboxylic acids is 2. The van der Waals surface area contributed by atoms with Crippen molar-refractivity contribution >= 4 is 11.8 Å². The molecule has 0 spiro atoms. The van der Waals surface area contributed by atoms with Crippen LogP contribution in [-0.2, 0) is 23.0 Å². The summed E-state index contributed by atoms with van der Waals surface area (Å²) in [5, 5.41) is 7.00. The Bertz CT molecular complexity index is 889. The molecule has 8 nitrogen and oxygen atoms in total. The Kier molecular flexibility index (Phi) is 5.45. The van der Waals surface area contributed by atoms with Crippen molar-refractivity contribution in [3.8, 4) is 0 Å². The lowest BCUT2D eigenvalue weighted by atomic mass is 9.77. The largest absolute Gasteiger partial charge is 0.379 e. The average Bonchev–Trinajstić information content (AvgIpc) is 3.40. The molecule has 4 rings (SSSR count). The zero-order valence-corrected chi connectivity index (χ0v) is 17.1. The predicted octanol–water partition coefficient (Wildman–Crippen LogP) is 1.55. The third-order valence-electron chi connectivity index (χ3n) is 6.27. The molecule has 1 saturated carbocycles. The van der Waals surface area contributed by atoms with Crippen LogP contribution in [0.25, 0.3) is 0 Å². The summed E-state index contributed by atoms with van der Waals surface area (Å²) < 4.78 is 12.7. The van der Waals surface area contributed by atoms with Gasteiger partial charge in [-0.1, -0.05) is 5.16 Å². The third-order valence-corrected chi connectivity index (χ3v) is 6.27. The number of hydrogen-bond acceptors (Lipinski definition) is 5. The molecule has 1 aliphatic heterocycles. The summed E-state index contributed by atoms with van der Waals surface area (Å²) in [6, 6.07) is 5.41. The summed E-state index contributed by atoms with van der Waals surface area (Å²) in [5.41, 5.74) is 1.41. The number of fused-ring (bicyclic) bond motifs is 1. The lowest BCUT2D eigenvalue weighted by Crippen LogP contribution is -2.50. The number of rotatable bonds is 5. The Morgan fingerprint density at radius 3 is 2.69 bits per heavy atom. The number of carbonyl (C=O) groups is 2. The molecular weight excluding hydrogens is 372 g/mol. The zero-order chi connectivity index (χ0) is 20.5. The van der Waals surface area contributed by atoms with Gasteiger partial charge in [0.25, 0.3) is 5.91 Å². The molecular formula is C21H28N4O4. The molecule has 0 bridgehead atoms. The number of nitrogens with one attached hydrogen (secondary N) is 1. The first-order valence-electron chi connectivity index (χ1n) is 10.1. The number of nitrogens with zero attached hydrogens (tertiary/aromatic N) is 3. The van der Waals surface area contributed by atoms with Crippen molar-refractivity contribution in [3.05, 3.63) is 41.5 Å². The molecule has 2 aliphatic rings. The fourth-order valence-corrected chi connectivity index (χ4v) is 4.73. The molecule has 1 N–H and O–H groups in total. The highest BCUT2D eigenvalue weighted by molar-refractivity contribution is 5.93. The Morgan fingerprint density at radius 1 is 1.31 bits per heavy atom. The third kappa shape index (κ3) is 4.07. The molecule has 29 heavy (non-hydrogen) atoms. The van der Waals surface area contributed by atoms with Crippen LogP contribution in [0.4, 0.5) is 0 Å². The van der Waals surface area contributed by atoms with Crippen LogP contribution < -0.4 is 5.32 Å². The van der Waals surface area contributed by atoms with E-state index in [1.54, 1.807) is 13.2 Å². The lowest BCUT2D eigenvalue weighted by molar-refractivity contribution is -0.130. The highest BCUT2D eigenvalue weighted by Crippen LogP contribution is 2.37. The van der Waals surface area contributed by atoms with E-state index in [0.717, 1.165) is 25.1 Å². The number of amides is 2. The van der Waals surface area contributed by atoms with Crippen LogP contribution in [0.1, 0.15) is 34.8 Å². The molecule has 0 radical (unpaired) electrons. The van der Waals surface area contributed by atoms with Gasteiger partial charge in [0.1, 0.15) is 11.5 Å². The highest BCUT2D eigenvalue weighted by Gasteiger charge is 2.44. The maximum Gasteiger partial charge on any atom is 0.268 e. The fraction of sp³-hybridized carbons (Fsp3) is 0.571. The van der Waals surface area contributed by atoms with Crippen molar-refractivity contribution in [1.29, 1.82) is 0 Å². The zero-order valence-electron chi connectivity index (χ0n) is 17.1. The van der Waals surface area contributed by atoms with Crippen LogP contribution in [0.15, 0.2) is 28.9 Å². The molecule has 1 saturated heterocycles. The van der Waals surface area contributed by atoms with Crippen LogP contribution in [-0.4, -0.2) is 58.8 Å². The van der Waals surface area contributed by atoms with E-state index in [4.69, 9.17) is 9.26 Å². The van der Waals surface area contributed by atoms with Gasteiger partial charge in [-0.2, -0.15) is 0 Å². The van der Waals surface area contributed by atoms with E-state index in [-0.39, 0.29) is 30.4 Å². The first kappa shape index (κ1) is 19.7. The summed E-state index contributed by atoms with van der Waals surface area (Å²) in [7, 11) is 3.55. The second kappa shape index (κ2) is 8.02. The van der Waals surface area contributed by atoms with Crippen LogP contribution in [0, 0.1) is 18.8 Å². The first-order valence-corrected chi connectivity index (χ1v) is 10.1. The minimum atomic E-state index is -0.0883. The Hall–Kier alpha value is -2.61. The molecule has 4 atom stereocenters. The Labute approximate surface area is 170 Å². The van der Waals surface area contributed by atoms with Crippen molar-refractivity contribution in [2.75, 3.05) is 20.2 Å². The molecule has 156 valence electrons. The summed E-state index contributed by atoms with van der Waals surface area (Å²) in [4.78, 5) is 27.3. The Balaban J connectivity index is 1.39. The number of ether oxygens (including phenoxy) is 1. The first-order chi connectivity index (χ1) is 13.9. The average molecular weight is 400 g/mol. The van der Waals surface area contributed by atoms with Crippen molar-refractivity contribution in [2.45, 2.75) is 38.3 Å². The van der Waals surface area contributed by atoms with Gasteiger partial charge in [-0.25, -0.2) is 0 Å². The minimum absolute atomic E-state index is 0.0487. The van der Waals surface area contributed by atoms with Crippen molar-refractivity contribution < 1.29 is 18.8 Å². The minimum Gasteiger partial charge on any atom is -0.379 e. The van der Waals surface area contributed by atoms with E-state index in [9.17, 15) is 9.59 Å². The molecule has 1 aliphatic carbocycles. The smallest absolute Gasteiger partial charge is 0.268 e. The van der Waals surface area contributed by atoms with Crippen molar-refractivity contribution in [2.24, 2.45) is 18.9 Å². The predicted molar refractivity (Wildman–Crippen MR) is 105 cm³/mol. The number of aromatic nitrogens is 2. The van der Waals surface area contributed by atoms with E-state index in [0.29, 0.717) is 29.8 Å². The van der Waals surface area contributed by atoms with E-state index >= 15 is 0 Å². The van der Waals surface area contributed by atoms with Crippen molar-refractivity contribution in [3.63, 3.8) is 0 Å². The molecule has 0 aromatic carbocycles. The topological polar surface area (TPSA) is 89.6 Å². The highest BCUT2D eigenvalue weighted by atomic mass is 16.5. The van der Waals surface area contributed by atoms with Gasteiger partial charge in [-0.15, -0.1) is 0 Å². The molecule has 8 heteroatoms. The summed E-state index contributed by atoms with van der Waals surface area (Å²) >= 11 is 0. The van der Waals surface area contributed by atoms with Crippen LogP contribution in [0.2, 0.25) is 0 Å². The van der Waals surface area contributed by atoms with E-state index in [1.807, 2.05) is 41.8 Å². The number of methoxy groups -OCH3 is 1. The second-order valence-corrected chi connectivity index (χ2v) is 8.26. The second-order valence-electron chi connectivity index (χ2n) is 8.26. The van der Waals surface area contributed by atoms with E-state index in [1.165, 1.54) is 0 Å². The number of likely N-dealkylation sites (tertiary alicyclic amines) is 1. The van der Waals surface area contributed by atoms with Gasteiger partial charge in [0.05, 0.1) is 24.3 Å². The number of hydrogen-bond donors (Lipinski definition) is 1. The SMILES string of the molecule is CO[C@H]1C[C@@H]2CN(C(=O)Cc3cc(C)no3)C[C@@H]2C[C@@H]1NC(=O)c1cccn1C. The van der Waals surface area contributed by atoms with Gasteiger partial charge in [-0.05, 0) is 43.7 Å². The molecule has 2 fully saturated rings. The van der Waals surface area contributed by atoms with Gasteiger partial charge < -0.3 is 24.0 Å².